The zero-order valence-electron chi connectivity index (χ0n) is 13.4. The first kappa shape index (κ1) is 15.5. The molecule has 1 unspecified atom stereocenters. The molecule has 1 aromatic carbocycles. The number of carbonyl (C=O) groups excluding carboxylic acids is 1. The minimum Gasteiger partial charge on any atom is -0.388 e. The maximum atomic E-state index is 11.7. The van der Waals surface area contributed by atoms with Gasteiger partial charge in [0.15, 0.2) is 0 Å². The van der Waals surface area contributed by atoms with Crippen molar-refractivity contribution in [3.05, 3.63) is 29.3 Å². The Morgan fingerprint density at radius 2 is 2.00 bits per heavy atom. The molecule has 0 bridgehead atoms. The van der Waals surface area contributed by atoms with Gasteiger partial charge in [0.2, 0.25) is 5.91 Å². The largest absolute Gasteiger partial charge is 0.388 e. The molecule has 1 atom stereocenters. The van der Waals surface area contributed by atoms with Gasteiger partial charge in [-0.3, -0.25) is 4.79 Å². The average Bonchev–Trinajstić information content (AvgIpc) is 3.04. The molecular formula is C18H26N2O2. The summed E-state index contributed by atoms with van der Waals surface area (Å²) in [5.74, 6) is 0.100. The lowest BCUT2D eigenvalue weighted by Gasteiger charge is -2.29. The molecule has 2 heterocycles. The summed E-state index contributed by atoms with van der Waals surface area (Å²) in [7, 11) is 0. The summed E-state index contributed by atoms with van der Waals surface area (Å²) in [6, 6.07) is 6.08. The molecule has 1 aromatic rings. The SMILES string of the molecule is CC(=O)N1CCCc2cc(C(O)CCN3CCCC3)ccc21. The van der Waals surface area contributed by atoms with E-state index in [1.807, 2.05) is 17.0 Å². The number of anilines is 1. The summed E-state index contributed by atoms with van der Waals surface area (Å²) in [6.07, 6.45) is 4.95. The van der Waals surface area contributed by atoms with Crippen LogP contribution in [-0.4, -0.2) is 42.1 Å². The van der Waals surface area contributed by atoms with Crippen molar-refractivity contribution < 1.29 is 9.90 Å². The van der Waals surface area contributed by atoms with Gasteiger partial charge in [-0.25, -0.2) is 0 Å². The van der Waals surface area contributed by atoms with Gasteiger partial charge in [-0.1, -0.05) is 12.1 Å². The van der Waals surface area contributed by atoms with Crippen molar-refractivity contribution in [2.45, 2.75) is 45.1 Å². The van der Waals surface area contributed by atoms with E-state index < -0.39 is 6.10 Å². The minimum atomic E-state index is -0.404. The second kappa shape index (κ2) is 6.80. The summed E-state index contributed by atoms with van der Waals surface area (Å²) >= 11 is 0. The van der Waals surface area contributed by atoms with E-state index in [1.165, 1.54) is 31.5 Å². The Bertz CT molecular complexity index is 538. The predicted octanol–water partition coefficient (Wildman–Crippen LogP) is 2.51. The zero-order chi connectivity index (χ0) is 15.5. The van der Waals surface area contributed by atoms with Crippen molar-refractivity contribution in [3.63, 3.8) is 0 Å². The van der Waals surface area contributed by atoms with E-state index in [2.05, 4.69) is 11.0 Å². The van der Waals surface area contributed by atoms with Crippen molar-refractivity contribution in [1.82, 2.24) is 4.90 Å². The first-order valence-electron chi connectivity index (χ1n) is 8.46. The van der Waals surface area contributed by atoms with Crippen LogP contribution < -0.4 is 4.90 Å². The smallest absolute Gasteiger partial charge is 0.223 e. The Kier molecular flexibility index (Phi) is 4.79. The topological polar surface area (TPSA) is 43.8 Å². The predicted molar refractivity (Wildman–Crippen MR) is 88.0 cm³/mol. The van der Waals surface area contributed by atoms with Crippen LogP contribution in [0.1, 0.15) is 49.8 Å². The molecule has 1 amide bonds. The highest BCUT2D eigenvalue weighted by atomic mass is 16.3. The van der Waals surface area contributed by atoms with Crippen LogP contribution in [0.4, 0.5) is 5.69 Å². The second-order valence-electron chi connectivity index (χ2n) is 6.52. The van der Waals surface area contributed by atoms with Crippen LogP contribution in [0, 0.1) is 0 Å². The van der Waals surface area contributed by atoms with Crippen LogP contribution in [0.5, 0.6) is 0 Å². The van der Waals surface area contributed by atoms with Crippen LogP contribution in [0.3, 0.4) is 0 Å². The molecule has 0 aromatic heterocycles. The van der Waals surface area contributed by atoms with E-state index in [4.69, 9.17) is 0 Å². The maximum absolute atomic E-state index is 11.7. The molecule has 0 aliphatic carbocycles. The third-order valence-corrected chi connectivity index (χ3v) is 4.90. The lowest BCUT2D eigenvalue weighted by atomic mass is 9.96. The molecule has 0 saturated carbocycles. The van der Waals surface area contributed by atoms with E-state index in [1.54, 1.807) is 6.92 Å². The van der Waals surface area contributed by atoms with Gasteiger partial charge in [0.25, 0.3) is 0 Å². The molecule has 2 aliphatic heterocycles. The summed E-state index contributed by atoms with van der Waals surface area (Å²) in [5, 5.41) is 10.5. The quantitative estimate of drug-likeness (QED) is 0.929. The van der Waals surface area contributed by atoms with Gasteiger partial charge in [-0.05, 0) is 62.4 Å². The molecule has 1 saturated heterocycles. The number of hydrogen-bond donors (Lipinski definition) is 1. The third-order valence-electron chi connectivity index (χ3n) is 4.90. The first-order valence-corrected chi connectivity index (χ1v) is 8.46. The summed E-state index contributed by atoms with van der Waals surface area (Å²) in [6.45, 7) is 5.74. The highest BCUT2D eigenvalue weighted by Gasteiger charge is 2.21. The lowest BCUT2D eigenvalue weighted by Crippen LogP contribution is -2.33. The van der Waals surface area contributed by atoms with Gasteiger partial charge >= 0.3 is 0 Å². The number of carbonyl (C=O) groups is 1. The lowest BCUT2D eigenvalue weighted by molar-refractivity contribution is -0.116. The van der Waals surface area contributed by atoms with E-state index in [0.717, 1.165) is 43.6 Å². The fraction of sp³-hybridized carbons (Fsp3) is 0.611. The summed E-state index contributed by atoms with van der Waals surface area (Å²) < 4.78 is 0. The Labute approximate surface area is 132 Å². The molecule has 3 rings (SSSR count). The van der Waals surface area contributed by atoms with Gasteiger partial charge < -0.3 is 14.9 Å². The summed E-state index contributed by atoms with van der Waals surface area (Å²) in [5.41, 5.74) is 3.21. The second-order valence-corrected chi connectivity index (χ2v) is 6.52. The van der Waals surface area contributed by atoms with Crippen LogP contribution >= 0.6 is 0 Å². The Morgan fingerprint density at radius 3 is 2.73 bits per heavy atom. The van der Waals surface area contributed by atoms with E-state index in [0.29, 0.717) is 0 Å². The van der Waals surface area contributed by atoms with E-state index in [-0.39, 0.29) is 5.91 Å². The molecule has 22 heavy (non-hydrogen) atoms. The molecule has 120 valence electrons. The van der Waals surface area contributed by atoms with Gasteiger partial charge in [0, 0.05) is 25.7 Å². The number of aliphatic hydroxyl groups excluding tert-OH is 1. The minimum absolute atomic E-state index is 0.100. The Balaban J connectivity index is 1.68. The number of aliphatic hydroxyl groups is 1. The number of rotatable bonds is 4. The molecule has 1 N–H and O–H groups in total. The van der Waals surface area contributed by atoms with Crippen molar-refractivity contribution in [2.75, 3.05) is 31.1 Å². The van der Waals surface area contributed by atoms with Crippen molar-refractivity contribution in [3.8, 4) is 0 Å². The van der Waals surface area contributed by atoms with Crippen molar-refractivity contribution >= 4 is 11.6 Å². The van der Waals surface area contributed by atoms with Gasteiger partial charge in [-0.15, -0.1) is 0 Å². The van der Waals surface area contributed by atoms with Crippen LogP contribution in [-0.2, 0) is 11.2 Å². The number of benzene rings is 1. The van der Waals surface area contributed by atoms with Crippen LogP contribution in [0.25, 0.3) is 0 Å². The fourth-order valence-electron chi connectivity index (χ4n) is 3.63. The van der Waals surface area contributed by atoms with Gasteiger partial charge in [0.1, 0.15) is 0 Å². The molecule has 4 nitrogen and oxygen atoms in total. The number of likely N-dealkylation sites (tertiary alicyclic amines) is 1. The third kappa shape index (κ3) is 3.33. The fourth-order valence-corrected chi connectivity index (χ4v) is 3.63. The molecule has 4 heteroatoms. The van der Waals surface area contributed by atoms with E-state index >= 15 is 0 Å². The van der Waals surface area contributed by atoms with Crippen molar-refractivity contribution in [1.29, 1.82) is 0 Å². The highest BCUT2D eigenvalue weighted by Crippen LogP contribution is 2.30. The summed E-state index contributed by atoms with van der Waals surface area (Å²) in [4.78, 5) is 16.0. The molecule has 0 radical (unpaired) electrons. The number of hydrogen-bond acceptors (Lipinski definition) is 3. The zero-order valence-corrected chi connectivity index (χ0v) is 13.4. The molecule has 1 fully saturated rings. The first-order chi connectivity index (χ1) is 10.6. The normalized spacial score (nSPS) is 20.0. The average molecular weight is 302 g/mol. The number of aryl methyl sites for hydroxylation is 1. The van der Waals surface area contributed by atoms with E-state index in [9.17, 15) is 9.90 Å². The van der Waals surface area contributed by atoms with Gasteiger partial charge in [-0.2, -0.15) is 0 Å². The maximum Gasteiger partial charge on any atom is 0.223 e. The standard InChI is InChI=1S/C18H26N2O2/c1-14(21)20-11-4-5-15-13-16(6-7-17(15)20)18(22)8-12-19-9-2-3-10-19/h6-7,13,18,22H,2-5,8-12H2,1H3. The number of nitrogens with zero attached hydrogens (tertiary/aromatic N) is 2. The van der Waals surface area contributed by atoms with Crippen LogP contribution in [0.15, 0.2) is 18.2 Å². The molecule has 0 spiro atoms. The van der Waals surface area contributed by atoms with Gasteiger partial charge in [0.05, 0.1) is 6.10 Å². The Hall–Kier alpha value is -1.39. The Morgan fingerprint density at radius 1 is 1.23 bits per heavy atom. The number of amides is 1. The monoisotopic (exact) mass is 302 g/mol. The molecular weight excluding hydrogens is 276 g/mol. The highest BCUT2D eigenvalue weighted by molar-refractivity contribution is 5.92. The number of fused-ring (bicyclic) bond motifs is 1. The van der Waals surface area contributed by atoms with Crippen molar-refractivity contribution in [2.24, 2.45) is 0 Å². The van der Waals surface area contributed by atoms with Crippen LogP contribution in [0.2, 0.25) is 0 Å². The molecule has 2 aliphatic rings.